The average molecular weight is 316 g/mol. The number of benzene rings is 1. The van der Waals surface area contributed by atoms with E-state index in [1.807, 2.05) is 0 Å². The molecule has 106 valence electrons. The fourth-order valence-electron chi connectivity index (χ4n) is 1.90. The minimum atomic E-state index is -3.87. The van der Waals surface area contributed by atoms with Gasteiger partial charge in [-0.2, -0.15) is 0 Å². The Hall–Kier alpha value is -1.73. The molecular weight excluding hydrogens is 305 g/mol. The lowest BCUT2D eigenvalue weighted by molar-refractivity contribution is 0.597. The molecule has 0 aliphatic carbocycles. The van der Waals surface area contributed by atoms with E-state index in [-0.39, 0.29) is 15.9 Å². The van der Waals surface area contributed by atoms with E-state index in [2.05, 4.69) is 14.7 Å². The third kappa shape index (κ3) is 3.05. The summed E-state index contributed by atoms with van der Waals surface area (Å²) in [5, 5.41) is 0.116. The Morgan fingerprint density at radius 1 is 1.15 bits per heavy atom. The van der Waals surface area contributed by atoms with Crippen LogP contribution in [0, 0.1) is 19.7 Å². The van der Waals surface area contributed by atoms with Gasteiger partial charge in [0, 0.05) is 6.07 Å². The Morgan fingerprint density at radius 2 is 1.75 bits per heavy atom. The molecule has 8 heteroatoms. The second-order valence-corrected chi connectivity index (χ2v) is 6.21. The van der Waals surface area contributed by atoms with Crippen molar-refractivity contribution in [2.75, 3.05) is 4.72 Å². The molecule has 0 unspecified atom stereocenters. The van der Waals surface area contributed by atoms with E-state index in [0.717, 1.165) is 18.5 Å². The highest BCUT2D eigenvalue weighted by atomic mass is 35.5. The summed E-state index contributed by atoms with van der Waals surface area (Å²) in [6.07, 6.45) is 1.14. The van der Waals surface area contributed by atoms with E-state index in [4.69, 9.17) is 11.6 Å². The highest BCUT2D eigenvalue weighted by Gasteiger charge is 2.21. The van der Waals surface area contributed by atoms with Crippen molar-refractivity contribution in [3.8, 4) is 0 Å². The lowest BCUT2D eigenvalue weighted by atomic mass is 10.1. The van der Waals surface area contributed by atoms with Gasteiger partial charge < -0.3 is 0 Å². The molecule has 0 saturated heterocycles. The molecule has 1 aromatic carbocycles. The Balaban J connectivity index is 2.46. The summed E-state index contributed by atoms with van der Waals surface area (Å²) in [7, 11) is -3.87. The molecule has 1 heterocycles. The number of anilines is 1. The van der Waals surface area contributed by atoms with Gasteiger partial charge in [0.15, 0.2) is 0 Å². The van der Waals surface area contributed by atoms with Gasteiger partial charge in [0.25, 0.3) is 10.0 Å². The maximum Gasteiger partial charge on any atom is 0.263 e. The molecule has 5 nitrogen and oxygen atoms in total. The maximum absolute atomic E-state index is 13.2. The van der Waals surface area contributed by atoms with E-state index in [1.165, 1.54) is 19.9 Å². The van der Waals surface area contributed by atoms with Crippen molar-refractivity contribution < 1.29 is 12.8 Å². The predicted molar refractivity (Wildman–Crippen MR) is 73.7 cm³/mol. The standard InChI is InChI=1S/C12H11ClFN3O2S/c1-7-3-9(14)4-8(2)12(7)20(18,19)17-11-5-10(13)15-6-16-11/h3-6H,1-2H3,(H,15,16,17). The summed E-state index contributed by atoms with van der Waals surface area (Å²) in [5.41, 5.74) is 0.630. The molecule has 0 radical (unpaired) electrons. The molecular formula is C12H11ClFN3O2S. The Bertz CT molecular complexity index is 742. The number of halogens is 2. The van der Waals surface area contributed by atoms with Crippen LogP contribution in [0.3, 0.4) is 0 Å². The fourth-order valence-corrected chi connectivity index (χ4v) is 3.50. The van der Waals surface area contributed by atoms with Crippen molar-refractivity contribution in [1.82, 2.24) is 9.97 Å². The van der Waals surface area contributed by atoms with Crippen molar-refractivity contribution >= 4 is 27.4 Å². The van der Waals surface area contributed by atoms with Gasteiger partial charge in [-0.05, 0) is 37.1 Å². The summed E-state index contributed by atoms with van der Waals surface area (Å²) in [5.74, 6) is -0.433. The number of hydrogen-bond donors (Lipinski definition) is 1. The zero-order chi connectivity index (χ0) is 14.9. The van der Waals surface area contributed by atoms with Crippen LogP contribution in [0.25, 0.3) is 0 Å². The van der Waals surface area contributed by atoms with Gasteiger partial charge in [-0.25, -0.2) is 22.8 Å². The lowest BCUT2D eigenvalue weighted by Crippen LogP contribution is -2.16. The van der Waals surface area contributed by atoms with Crippen LogP contribution in [0.15, 0.2) is 29.4 Å². The van der Waals surface area contributed by atoms with E-state index >= 15 is 0 Å². The molecule has 20 heavy (non-hydrogen) atoms. The van der Waals surface area contributed by atoms with Gasteiger partial charge in [-0.1, -0.05) is 11.6 Å². The van der Waals surface area contributed by atoms with Crippen molar-refractivity contribution in [3.05, 3.63) is 46.6 Å². The largest absolute Gasteiger partial charge is 0.263 e. The number of hydrogen-bond acceptors (Lipinski definition) is 4. The van der Waals surface area contributed by atoms with Gasteiger partial charge in [0.05, 0.1) is 4.90 Å². The molecule has 2 aromatic rings. The van der Waals surface area contributed by atoms with Crippen LogP contribution in [-0.2, 0) is 10.0 Å². The SMILES string of the molecule is Cc1cc(F)cc(C)c1S(=O)(=O)Nc1cc(Cl)ncn1. The summed E-state index contributed by atoms with van der Waals surface area (Å²) >= 11 is 5.67. The summed E-state index contributed by atoms with van der Waals surface area (Å²) in [6, 6.07) is 3.61. The van der Waals surface area contributed by atoms with Gasteiger partial charge >= 0.3 is 0 Å². The normalized spacial score (nSPS) is 11.4. The first-order chi connectivity index (χ1) is 9.29. The maximum atomic E-state index is 13.2. The average Bonchev–Trinajstić information content (AvgIpc) is 2.25. The molecule has 0 fully saturated rings. The Labute approximate surface area is 120 Å². The molecule has 1 aromatic heterocycles. The molecule has 2 rings (SSSR count). The third-order valence-corrected chi connectivity index (χ3v) is 4.43. The molecule has 0 saturated carbocycles. The van der Waals surface area contributed by atoms with Gasteiger partial charge in [-0.15, -0.1) is 0 Å². The zero-order valence-corrected chi connectivity index (χ0v) is 12.3. The molecule has 1 N–H and O–H groups in total. The van der Waals surface area contributed by atoms with Gasteiger partial charge in [0.1, 0.15) is 23.1 Å². The van der Waals surface area contributed by atoms with E-state index in [9.17, 15) is 12.8 Å². The van der Waals surface area contributed by atoms with Crippen molar-refractivity contribution in [2.24, 2.45) is 0 Å². The number of aromatic nitrogens is 2. The quantitative estimate of drug-likeness (QED) is 0.884. The van der Waals surface area contributed by atoms with E-state index < -0.39 is 15.8 Å². The second kappa shape index (κ2) is 5.34. The predicted octanol–water partition coefficient (Wildman–Crippen LogP) is 2.69. The van der Waals surface area contributed by atoms with Gasteiger partial charge in [0.2, 0.25) is 0 Å². The monoisotopic (exact) mass is 315 g/mol. The molecule has 0 bridgehead atoms. The Kier molecular flexibility index (Phi) is 3.92. The van der Waals surface area contributed by atoms with Crippen molar-refractivity contribution in [1.29, 1.82) is 0 Å². The third-order valence-electron chi connectivity index (χ3n) is 2.57. The second-order valence-electron chi connectivity index (χ2n) is 4.20. The smallest absolute Gasteiger partial charge is 0.263 e. The molecule has 0 spiro atoms. The van der Waals surface area contributed by atoms with Crippen LogP contribution in [0.4, 0.5) is 10.2 Å². The van der Waals surface area contributed by atoms with Crippen molar-refractivity contribution in [3.63, 3.8) is 0 Å². The highest BCUT2D eigenvalue weighted by Crippen LogP contribution is 2.23. The number of nitrogens with one attached hydrogen (secondary N) is 1. The first-order valence-electron chi connectivity index (χ1n) is 5.57. The minimum absolute atomic E-state index is 0.0219. The highest BCUT2D eigenvalue weighted by molar-refractivity contribution is 7.92. The van der Waals surface area contributed by atoms with E-state index in [1.54, 1.807) is 0 Å². The fraction of sp³-hybridized carbons (Fsp3) is 0.167. The zero-order valence-electron chi connectivity index (χ0n) is 10.7. The summed E-state index contributed by atoms with van der Waals surface area (Å²) in [4.78, 5) is 7.45. The summed E-state index contributed by atoms with van der Waals surface area (Å²) in [6.45, 7) is 3.05. The lowest BCUT2D eigenvalue weighted by Gasteiger charge is -2.12. The first-order valence-corrected chi connectivity index (χ1v) is 7.43. The summed E-state index contributed by atoms with van der Waals surface area (Å²) < 4.78 is 40.2. The number of nitrogens with zero attached hydrogens (tertiary/aromatic N) is 2. The first kappa shape index (κ1) is 14.7. The minimum Gasteiger partial charge on any atom is -0.263 e. The number of rotatable bonds is 3. The molecule has 0 amide bonds. The van der Waals surface area contributed by atoms with Crippen LogP contribution in [0.5, 0.6) is 0 Å². The van der Waals surface area contributed by atoms with Crippen LogP contribution in [0.2, 0.25) is 5.15 Å². The van der Waals surface area contributed by atoms with E-state index in [0.29, 0.717) is 11.1 Å². The van der Waals surface area contributed by atoms with Crippen LogP contribution in [-0.4, -0.2) is 18.4 Å². The molecule has 0 aliphatic rings. The Morgan fingerprint density at radius 3 is 2.30 bits per heavy atom. The number of sulfonamides is 1. The van der Waals surface area contributed by atoms with Crippen LogP contribution < -0.4 is 4.72 Å². The number of aryl methyl sites for hydroxylation is 2. The topological polar surface area (TPSA) is 72.0 Å². The van der Waals surface area contributed by atoms with Crippen LogP contribution in [0.1, 0.15) is 11.1 Å². The van der Waals surface area contributed by atoms with Crippen molar-refractivity contribution in [2.45, 2.75) is 18.7 Å². The van der Waals surface area contributed by atoms with Gasteiger partial charge in [-0.3, -0.25) is 4.72 Å². The molecule has 0 aliphatic heterocycles. The molecule has 0 atom stereocenters. The van der Waals surface area contributed by atoms with Crippen LogP contribution >= 0.6 is 11.6 Å².